The minimum absolute atomic E-state index is 0.0227. The largest absolute Gasteiger partial charge is 0.466 e. The van der Waals surface area contributed by atoms with Crippen LogP contribution in [0, 0.1) is 5.82 Å². The second-order valence-corrected chi connectivity index (χ2v) is 8.69. The van der Waals surface area contributed by atoms with Crippen molar-refractivity contribution in [2.45, 2.75) is 25.9 Å². The molecular formula is C24H21ClFN3O3S. The van der Waals surface area contributed by atoms with E-state index in [1.54, 1.807) is 31.2 Å². The lowest BCUT2D eigenvalue weighted by atomic mass is 9.94. The van der Waals surface area contributed by atoms with Crippen LogP contribution in [-0.4, -0.2) is 29.1 Å². The molecule has 170 valence electrons. The van der Waals surface area contributed by atoms with Gasteiger partial charge in [0.25, 0.3) is 0 Å². The molecule has 0 fully saturated rings. The third kappa shape index (κ3) is 4.67. The van der Waals surface area contributed by atoms with Gasteiger partial charge in [0.1, 0.15) is 5.82 Å². The van der Waals surface area contributed by atoms with Gasteiger partial charge in [0.15, 0.2) is 5.17 Å². The number of rotatable bonds is 6. The molecule has 0 spiro atoms. The summed E-state index contributed by atoms with van der Waals surface area (Å²) >= 11 is 7.88. The van der Waals surface area contributed by atoms with Gasteiger partial charge in [-0.2, -0.15) is 0 Å². The SMILES string of the molecule is COC(=O)C1=C(C)N=C2SC=C(CC(=O)NCc3ccccc3F)N2C1c1ccccc1Cl. The van der Waals surface area contributed by atoms with Crippen LogP contribution in [0.4, 0.5) is 4.39 Å². The third-order valence-corrected chi connectivity index (χ3v) is 6.61. The molecule has 0 saturated carbocycles. The summed E-state index contributed by atoms with van der Waals surface area (Å²) in [6, 6.07) is 12.9. The molecule has 9 heteroatoms. The van der Waals surface area contributed by atoms with Crippen LogP contribution in [-0.2, 0) is 20.9 Å². The average molecular weight is 486 g/mol. The van der Waals surface area contributed by atoms with Crippen LogP contribution in [0.15, 0.2) is 75.9 Å². The maximum atomic E-state index is 13.9. The van der Waals surface area contributed by atoms with Crippen molar-refractivity contribution < 1.29 is 18.7 Å². The van der Waals surface area contributed by atoms with Gasteiger partial charge in [-0.15, -0.1) is 0 Å². The maximum Gasteiger partial charge on any atom is 0.338 e. The number of carbonyl (C=O) groups is 2. The standard InChI is InChI=1S/C24H21ClFN3O3S/c1-14-21(23(31)32-2)22(17-8-4-5-9-18(17)25)29-16(13-33-24(29)28-14)11-20(30)27-12-15-7-3-6-10-19(15)26/h3-10,13,22H,11-12H2,1-2H3,(H,27,30). The van der Waals surface area contributed by atoms with Crippen LogP contribution in [0.3, 0.4) is 0 Å². The van der Waals surface area contributed by atoms with Gasteiger partial charge in [0, 0.05) is 22.8 Å². The van der Waals surface area contributed by atoms with Crippen molar-refractivity contribution in [2.24, 2.45) is 4.99 Å². The predicted molar refractivity (Wildman–Crippen MR) is 127 cm³/mol. The van der Waals surface area contributed by atoms with Crippen LogP contribution in [0.1, 0.15) is 30.5 Å². The smallest absolute Gasteiger partial charge is 0.338 e. The Morgan fingerprint density at radius 3 is 2.67 bits per heavy atom. The predicted octanol–water partition coefficient (Wildman–Crippen LogP) is 4.93. The number of fused-ring (bicyclic) bond motifs is 1. The van der Waals surface area contributed by atoms with Crippen LogP contribution < -0.4 is 5.32 Å². The number of methoxy groups -OCH3 is 1. The lowest BCUT2D eigenvalue weighted by Gasteiger charge is -2.36. The quantitative estimate of drug-likeness (QED) is 0.587. The minimum Gasteiger partial charge on any atom is -0.466 e. The fourth-order valence-corrected chi connectivity index (χ4v) is 5.00. The van der Waals surface area contributed by atoms with Crippen molar-refractivity contribution in [1.82, 2.24) is 10.2 Å². The van der Waals surface area contributed by atoms with Gasteiger partial charge in [-0.1, -0.05) is 59.8 Å². The van der Waals surface area contributed by atoms with Crippen molar-refractivity contribution in [2.75, 3.05) is 7.11 Å². The lowest BCUT2D eigenvalue weighted by Crippen LogP contribution is -2.38. The first-order valence-corrected chi connectivity index (χ1v) is 11.4. The number of esters is 1. The number of hydrogen-bond donors (Lipinski definition) is 1. The number of ether oxygens (including phenoxy) is 1. The second kappa shape index (κ2) is 9.80. The Labute approximate surface area is 200 Å². The Morgan fingerprint density at radius 1 is 1.21 bits per heavy atom. The topological polar surface area (TPSA) is 71.0 Å². The van der Waals surface area contributed by atoms with Gasteiger partial charge >= 0.3 is 5.97 Å². The van der Waals surface area contributed by atoms with Crippen LogP contribution in [0.25, 0.3) is 0 Å². The number of amides is 1. The highest BCUT2D eigenvalue weighted by molar-refractivity contribution is 8.16. The summed E-state index contributed by atoms with van der Waals surface area (Å²) in [4.78, 5) is 31.9. The van der Waals surface area contributed by atoms with Crippen molar-refractivity contribution in [3.05, 3.63) is 92.9 Å². The molecule has 33 heavy (non-hydrogen) atoms. The van der Waals surface area contributed by atoms with Crippen LogP contribution >= 0.6 is 23.4 Å². The highest BCUT2D eigenvalue weighted by atomic mass is 35.5. The summed E-state index contributed by atoms with van der Waals surface area (Å²) in [6.07, 6.45) is 0.0227. The zero-order valence-corrected chi connectivity index (χ0v) is 19.5. The van der Waals surface area contributed by atoms with E-state index in [1.807, 2.05) is 28.5 Å². The normalized spacial score (nSPS) is 17.3. The zero-order chi connectivity index (χ0) is 23.5. The Balaban J connectivity index is 1.61. The number of carbonyl (C=O) groups excluding carboxylic acids is 2. The third-order valence-electron chi connectivity index (χ3n) is 5.38. The van der Waals surface area contributed by atoms with Crippen LogP contribution in [0.5, 0.6) is 0 Å². The highest BCUT2D eigenvalue weighted by Crippen LogP contribution is 2.46. The number of thioether (sulfide) groups is 1. The molecule has 0 bridgehead atoms. The number of halogens is 2. The fourth-order valence-electron chi connectivity index (χ4n) is 3.79. The number of aliphatic imine (C=N–C) groups is 1. The van der Waals surface area contributed by atoms with E-state index in [2.05, 4.69) is 10.3 Å². The number of amidine groups is 1. The van der Waals surface area contributed by atoms with Crippen molar-refractivity contribution in [1.29, 1.82) is 0 Å². The van der Waals surface area contributed by atoms with E-state index in [0.29, 0.717) is 38.3 Å². The Bertz CT molecular complexity index is 1210. The molecule has 0 aliphatic carbocycles. The molecule has 2 aliphatic rings. The van der Waals surface area contributed by atoms with Gasteiger partial charge in [0.2, 0.25) is 5.91 Å². The number of nitrogens with one attached hydrogen (secondary N) is 1. The number of allylic oxidation sites excluding steroid dienone is 1. The van der Waals surface area contributed by atoms with E-state index in [0.717, 1.165) is 0 Å². The lowest BCUT2D eigenvalue weighted by molar-refractivity contribution is -0.136. The Kier molecular flexibility index (Phi) is 6.85. The first-order chi connectivity index (χ1) is 15.9. The molecule has 1 amide bonds. The van der Waals surface area contributed by atoms with E-state index < -0.39 is 12.0 Å². The van der Waals surface area contributed by atoms with Gasteiger partial charge in [-0.25, -0.2) is 14.2 Å². The van der Waals surface area contributed by atoms with E-state index in [4.69, 9.17) is 16.3 Å². The van der Waals surface area contributed by atoms with Gasteiger partial charge < -0.3 is 15.0 Å². The molecular weight excluding hydrogens is 465 g/mol. The monoisotopic (exact) mass is 485 g/mol. The van der Waals surface area contributed by atoms with E-state index in [1.165, 1.54) is 24.9 Å². The highest BCUT2D eigenvalue weighted by Gasteiger charge is 2.41. The van der Waals surface area contributed by atoms with Gasteiger partial charge in [-0.05, 0) is 30.0 Å². The molecule has 0 aromatic heterocycles. The number of hydrogen-bond acceptors (Lipinski definition) is 6. The van der Waals surface area contributed by atoms with Gasteiger partial charge in [-0.3, -0.25) is 4.79 Å². The summed E-state index contributed by atoms with van der Waals surface area (Å²) in [7, 11) is 1.32. The molecule has 2 heterocycles. The molecule has 0 radical (unpaired) electrons. The summed E-state index contributed by atoms with van der Waals surface area (Å²) in [6.45, 7) is 1.83. The molecule has 4 rings (SSSR count). The number of nitrogens with zero attached hydrogens (tertiary/aromatic N) is 2. The average Bonchev–Trinajstić information content (AvgIpc) is 3.19. The molecule has 1 unspecified atom stereocenters. The van der Waals surface area contributed by atoms with E-state index in [9.17, 15) is 14.0 Å². The summed E-state index contributed by atoms with van der Waals surface area (Å²) < 4.78 is 18.9. The zero-order valence-electron chi connectivity index (χ0n) is 18.0. The molecule has 2 aromatic rings. The van der Waals surface area contributed by atoms with Gasteiger partial charge in [0.05, 0.1) is 30.8 Å². The molecule has 1 atom stereocenters. The molecule has 0 saturated heterocycles. The summed E-state index contributed by atoms with van der Waals surface area (Å²) in [5.74, 6) is -1.17. The van der Waals surface area contributed by atoms with Crippen molar-refractivity contribution >= 4 is 40.4 Å². The maximum absolute atomic E-state index is 13.9. The molecule has 6 nitrogen and oxygen atoms in total. The first-order valence-electron chi connectivity index (χ1n) is 10.2. The first kappa shape index (κ1) is 23.1. The number of benzene rings is 2. The molecule has 2 aromatic carbocycles. The summed E-state index contributed by atoms with van der Waals surface area (Å²) in [5.41, 5.74) is 2.65. The minimum atomic E-state index is -0.598. The molecule has 1 N–H and O–H groups in total. The Morgan fingerprint density at radius 2 is 1.94 bits per heavy atom. The second-order valence-electron chi connectivity index (χ2n) is 7.45. The summed E-state index contributed by atoms with van der Waals surface area (Å²) in [5, 5.41) is 5.71. The van der Waals surface area contributed by atoms with Crippen LogP contribution in [0.2, 0.25) is 5.02 Å². The fraction of sp³-hybridized carbons (Fsp3) is 0.208. The van der Waals surface area contributed by atoms with E-state index in [-0.39, 0.29) is 24.7 Å². The molecule has 2 aliphatic heterocycles. The van der Waals surface area contributed by atoms with Crippen molar-refractivity contribution in [3.63, 3.8) is 0 Å². The Hall–Kier alpha value is -3.10. The van der Waals surface area contributed by atoms with E-state index >= 15 is 0 Å². The van der Waals surface area contributed by atoms with Crippen molar-refractivity contribution in [3.8, 4) is 0 Å².